The number of hydrogen-bond acceptors (Lipinski definition) is 4. The fraction of sp³-hybridized carbons (Fsp3) is 0.692. The van der Waals surface area contributed by atoms with Crippen molar-refractivity contribution in [3.05, 3.63) is 17.1 Å². The Balaban J connectivity index is 2.24. The number of nitrogens with one attached hydrogen (secondary N) is 1. The molecular formula is C13H22N2O3S. The van der Waals surface area contributed by atoms with Gasteiger partial charge in [-0.2, -0.15) is 0 Å². The highest BCUT2D eigenvalue weighted by Crippen LogP contribution is 2.48. The van der Waals surface area contributed by atoms with Crippen LogP contribution in [0, 0.1) is 19.3 Å². The Kier molecular flexibility index (Phi) is 3.77. The standard InChI is InChI=1S/C13H22N2O3S/c1-4-13(5-6-13)8-15-19(16,17)12-10(3)18-9(2)11(12)7-14/h15H,4-8,14H2,1-3H3. The van der Waals surface area contributed by atoms with Crippen molar-refractivity contribution in [2.75, 3.05) is 6.54 Å². The highest BCUT2D eigenvalue weighted by molar-refractivity contribution is 7.89. The third-order valence-electron chi connectivity index (χ3n) is 4.14. The van der Waals surface area contributed by atoms with E-state index in [1.807, 2.05) is 0 Å². The van der Waals surface area contributed by atoms with Gasteiger partial charge in [0.15, 0.2) is 0 Å². The van der Waals surface area contributed by atoms with Gasteiger partial charge >= 0.3 is 0 Å². The SMILES string of the molecule is CCC1(CNS(=O)(=O)c2c(C)oc(C)c2CN)CC1. The zero-order valence-corrected chi connectivity index (χ0v) is 12.6. The maximum atomic E-state index is 12.4. The summed E-state index contributed by atoms with van der Waals surface area (Å²) in [5, 5.41) is 0. The van der Waals surface area contributed by atoms with E-state index in [2.05, 4.69) is 11.6 Å². The number of sulfonamides is 1. The molecule has 3 N–H and O–H groups in total. The van der Waals surface area contributed by atoms with E-state index in [0.29, 0.717) is 23.6 Å². The van der Waals surface area contributed by atoms with Crippen molar-refractivity contribution in [2.24, 2.45) is 11.1 Å². The van der Waals surface area contributed by atoms with Crippen LogP contribution in [0.4, 0.5) is 0 Å². The molecule has 19 heavy (non-hydrogen) atoms. The van der Waals surface area contributed by atoms with Gasteiger partial charge in [-0.15, -0.1) is 0 Å². The number of hydrogen-bond donors (Lipinski definition) is 2. The molecule has 0 atom stereocenters. The summed E-state index contributed by atoms with van der Waals surface area (Å²) in [5.41, 5.74) is 6.37. The van der Waals surface area contributed by atoms with Crippen LogP contribution in [-0.4, -0.2) is 15.0 Å². The van der Waals surface area contributed by atoms with Crippen LogP contribution in [0.5, 0.6) is 0 Å². The zero-order chi connectivity index (χ0) is 14.3. The van der Waals surface area contributed by atoms with E-state index in [1.165, 1.54) is 0 Å². The van der Waals surface area contributed by atoms with E-state index in [-0.39, 0.29) is 16.9 Å². The van der Waals surface area contributed by atoms with Gasteiger partial charge < -0.3 is 10.2 Å². The maximum Gasteiger partial charge on any atom is 0.244 e. The normalized spacial score (nSPS) is 17.7. The third-order valence-corrected chi connectivity index (χ3v) is 5.74. The van der Waals surface area contributed by atoms with Crippen LogP contribution >= 0.6 is 0 Å². The van der Waals surface area contributed by atoms with Gasteiger partial charge in [-0.3, -0.25) is 0 Å². The molecule has 0 spiro atoms. The summed E-state index contributed by atoms with van der Waals surface area (Å²) in [6, 6.07) is 0. The molecule has 1 aromatic heterocycles. The smallest absolute Gasteiger partial charge is 0.244 e. The van der Waals surface area contributed by atoms with Crippen molar-refractivity contribution in [2.45, 2.75) is 51.5 Å². The fourth-order valence-electron chi connectivity index (χ4n) is 2.45. The maximum absolute atomic E-state index is 12.4. The lowest BCUT2D eigenvalue weighted by molar-refractivity contribution is 0.472. The Bertz CT molecular complexity index is 571. The molecule has 1 aliphatic carbocycles. The minimum Gasteiger partial charge on any atom is -0.465 e. The molecule has 1 heterocycles. The molecule has 1 aromatic rings. The predicted octanol–water partition coefficient (Wildman–Crippen LogP) is 1.82. The summed E-state index contributed by atoms with van der Waals surface area (Å²) in [7, 11) is -3.54. The van der Waals surface area contributed by atoms with Gasteiger partial charge in [0.2, 0.25) is 10.0 Å². The van der Waals surface area contributed by atoms with Gasteiger partial charge in [0, 0.05) is 18.7 Å². The fourth-order valence-corrected chi connectivity index (χ4v) is 4.06. The number of furan rings is 1. The lowest BCUT2D eigenvalue weighted by Crippen LogP contribution is -2.31. The molecule has 0 amide bonds. The first kappa shape index (κ1) is 14.6. The molecule has 1 saturated carbocycles. The topological polar surface area (TPSA) is 85.3 Å². The average Bonchev–Trinajstić information content (AvgIpc) is 3.07. The highest BCUT2D eigenvalue weighted by Gasteiger charge is 2.41. The molecule has 6 heteroatoms. The first-order valence-electron chi connectivity index (χ1n) is 6.64. The second kappa shape index (κ2) is 4.92. The van der Waals surface area contributed by atoms with Crippen LogP contribution in [0.25, 0.3) is 0 Å². The van der Waals surface area contributed by atoms with Gasteiger partial charge in [-0.1, -0.05) is 6.92 Å². The molecular weight excluding hydrogens is 264 g/mol. The Labute approximate surface area is 114 Å². The van der Waals surface area contributed by atoms with Gasteiger partial charge in [0.1, 0.15) is 16.4 Å². The summed E-state index contributed by atoms with van der Waals surface area (Å²) in [5.74, 6) is 0.990. The highest BCUT2D eigenvalue weighted by atomic mass is 32.2. The number of aryl methyl sites for hydroxylation is 2. The quantitative estimate of drug-likeness (QED) is 0.835. The second-order valence-electron chi connectivity index (χ2n) is 5.40. The summed E-state index contributed by atoms with van der Waals surface area (Å²) < 4.78 is 32.9. The van der Waals surface area contributed by atoms with Crippen LogP contribution in [0.15, 0.2) is 9.31 Å². The van der Waals surface area contributed by atoms with Gasteiger partial charge in [0.25, 0.3) is 0 Å². The Morgan fingerprint density at radius 3 is 2.42 bits per heavy atom. The van der Waals surface area contributed by atoms with Crippen LogP contribution < -0.4 is 10.5 Å². The summed E-state index contributed by atoms with van der Waals surface area (Å²) in [4.78, 5) is 0.222. The van der Waals surface area contributed by atoms with Crippen molar-refractivity contribution < 1.29 is 12.8 Å². The van der Waals surface area contributed by atoms with E-state index in [1.54, 1.807) is 13.8 Å². The third kappa shape index (κ3) is 2.70. The molecule has 0 bridgehead atoms. The second-order valence-corrected chi connectivity index (χ2v) is 7.11. The Hall–Kier alpha value is -0.850. The van der Waals surface area contributed by atoms with E-state index in [0.717, 1.165) is 19.3 Å². The van der Waals surface area contributed by atoms with E-state index >= 15 is 0 Å². The van der Waals surface area contributed by atoms with E-state index in [9.17, 15) is 8.42 Å². The van der Waals surface area contributed by atoms with Crippen molar-refractivity contribution in [1.29, 1.82) is 0 Å². The van der Waals surface area contributed by atoms with E-state index < -0.39 is 10.0 Å². The van der Waals surface area contributed by atoms with Crippen LogP contribution in [-0.2, 0) is 16.6 Å². The lowest BCUT2D eigenvalue weighted by Gasteiger charge is -2.14. The molecule has 1 aliphatic rings. The molecule has 108 valence electrons. The predicted molar refractivity (Wildman–Crippen MR) is 73.2 cm³/mol. The molecule has 1 fully saturated rings. The molecule has 0 saturated heterocycles. The van der Waals surface area contributed by atoms with Crippen molar-refractivity contribution in [1.82, 2.24) is 4.72 Å². The summed E-state index contributed by atoms with van der Waals surface area (Å²) in [6.07, 6.45) is 3.20. The lowest BCUT2D eigenvalue weighted by atomic mass is 10.1. The van der Waals surface area contributed by atoms with Crippen LogP contribution in [0.2, 0.25) is 0 Å². The first-order chi connectivity index (χ1) is 8.85. The minimum absolute atomic E-state index is 0.165. The van der Waals surface area contributed by atoms with Gasteiger partial charge in [-0.25, -0.2) is 13.1 Å². The van der Waals surface area contributed by atoms with Gasteiger partial charge in [0.05, 0.1) is 0 Å². The largest absolute Gasteiger partial charge is 0.465 e. The molecule has 0 aliphatic heterocycles. The van der Waals surface area contributed by atoms with E-state index in [4.69, 9.17) is 10.2 Å². The first-order valence-corrected chi connectivity index (χ1v) is 8.12. The zero-order valence-electron chi connectivity index (χ0n) is 11.7. The monoisotopic (exact) mass is 286 g/mol. The van der Waals surface area contributed by atoms with Crippen molar-refractivity contribution in [3.8, 4) is 0 Å². The van der Waals surface area contributed by atoms with Crippen molar-refractivity contribution in [3.63, 3.8) is 0 Å². The Morgan fingerprint density at radius 2 is 1.95 bits per heavy atom. The van der Waals surface area contributed by atoms with Crippen LogP contribution in [0.3, 0.4) is 0 Å². The molecule has 0 unspecified atom stereocenters. The van der Waals surface area contributed by atoms with Crippen LogP contribution in [0.1, 0.15) is 43.3 Å². The summed E-state index contributed by atoms with van der Waals surface area (Å²) >= 11 is 0. The summed E-state index contributed by atoms with van der Waals surface area (Å²) in [6.45, 7) is 6.16. The molecule has 0 aromatic carbocycles. The van der Waals surface area contributed by atoms with Crippen molar-refractivity contribution >= 4 is 10.0 Å². The molecule has 2 rings (SSSR count). The minimum atomic E-state index is -3.54. The molecule has 0 radical (unpaired) electrons. The number of rotatable bonds is 6. The Morgan fingerprint density at radius 1 is 1.32 bits per heavy atom. The average molecular weight is 286 g/mol. The number of nitrogens with two attached hydrogens (primary N) is 1. The van der Waals surface area contributed by atoms with Gasteiger partial charge in [-0.05, 0) is 38.5 Å². The molecule has 5 nitrogen and oxygen atoms in total.